The molecule has 0 saturated heterocycles. The summed E-state index contributed by atoms with van der Waals surface area (Å²) in [5.41, 5.74) is 1.92. The Morgan fingerprint density at radius 3 is 0.935 bits per heavy atom. The van der Waals surface area contributed by atoms with Gasteiger partial charge in [-0.15, -0.1) is 37.9 Å². The van der Waals surface area contributed by atoms with Gasteiger partial charge in [-0.05, 0) is 76.4 Å². The Morgan fingerprint density at radius 1 is 0.548 bits per heavy atom. The predicted octanol–water partition coefficient (Wildman–Crippen LogP) is -6.72. The number of aliphatic imine (C=N–C) groups is 2. The largest absolute Gasteiger partial charge is 4.00 e. The molecule has 4 radical (unpaired) electrons. The van der Waals surface area contributed by atoms with E-state index >= 15 is 0 Å². The summed E-state index contributed by atoms with van der Waals surface area (Å²) >= 11 is 0. The van der Waals surface area contributed by atoms with Crippen LogP contribution in [0.1, 0.15) is 39.1 Å². The van der Waals surface area contributed by atoms with Gasteiger partial charge in [0.05, 0.1) is 24.5 Å². The van der Waals surface area contributed by atoms with E-state index in [4.69, 9.17) is 20.4 Å². The number of ketones is 2. The van der Waals surface area contributed by atoms with Crippen LogP contribution in [0.15, 0.2) is 70.3 Å². The molecule has 2 heterocycles. The van der Waals surface area contributed by atoms with Crippen LogP contribution in [-0.4, -0.2) is 161 Å². The van der Waals surface area contributed by atoms with Crippen LogP contribution in [0.4, 0.5) is 0 Å². The first-order chi connectivity index (χ1) is 26.0. The second-order valence-corrected chi connectivity index (χ2v) is 9.55. The van der Waals surface area contributed by atoms with E-state index in [0.717, 1.165) is 52.0 Å². The van der Waals surface area contributed by atoms with Gasteiger partial charge in [-0.1, -0.05) is 13.8 Å². The van der Waals surface area contributed by atoms with E-state index < -0.39 is 0 Å². The molecule has 352 valence electrons. The predicted molar refractivity (Wildman–Crippen MR) is 199 cm³/mol. The molecule has 22 nitrogen and oxygen atoms in total. The zero-order chi connectivity index (χ0) is 43.0. The zero-order valence-electron chi connectivity index (χ0n) is 36.4. The summed E-state index contributed by atoms with van der Waals surface area (Å²) < 4.78 is 0. The van der Waals surface area contributed by atoms with Crippen molar-refractivity contribution in [2.75, 3.05) is 107 Å². The molecule has 0 bridgehead atoms. The summed E-state index contributed by atoms with van der Waals surface area (Å²) in [6.45, 7) is 9.01. The molecule has 0 aliphatic carbocycles. The van der Waals surface area contributed by atoms with Crippen molar-refractivity contribution in [3.8, 4) is 0 Å². The Bertz CT molecular complexity index is 1050. The Balaban J connectivity index is -0.0000000392. The molecule has 0 atom stereocenters. The van der Waals surface area contributed by atoms with Gasteiger partial charge in [-0.3, -0.25) is 19.6 Å². The number of nitrogens with zero attached hydrogens (tertiary/aromatic N) is 4. The van der Waals surface area contributed by atoms with Gasteiger partial charge in [-0.25, -0.2) is 0 Å². The number of H-pyrrole nitrogens is 2. The molecular weight excluding hydrogens is 976 g/mol. The topological polar surface area (TPSA) is 436 Å². The SMILES string of the molecule is CC(=O)/C=C(/C)[O-].CC(=O)/C=C(/C)[O-].CO.CO.C[O-].C[O-].[O-2].[O-2].[O-2].[O-2].[O-]CCN(CC[O-])CCN=Cc1ccc[nH]1.[O-]CCN(CC[O-])CCN=Cc1ccc[nH]1.[V+4].[V+4].[V+4].[V+4]. The molecule has 2 aromatic heterocycles. The number of carbonyl (C=O) groups is 2. The number of nitrogens with one attached hydrogen (secondary N) is 2. The Hall–Kier alpha value is -1.90. The van der Waals surface area contributed by atoms with Crippen molar-refractivity contribution in [1.29, 1.82) is 0 Å². The fourth-order valence-electron chi connectivity index (χ4n) is 3.33. The van der Waals surface area contributed by atoms with E-state index in [1.807, 2.05) is 46.5 Å². The van der Waals surface area contributed by atoms with Gasteiger partial charge in [0.25, 0.3) is 0 Å². The van der Waals surface area contributed by atoms with E-state index in [-0.39, 0.29) is 146 Å². The molecule has 4 N–H and O–H groups in total. The Kier molecular flexibility index (Phi) is 137. The molecule has 2 aromatic rings. The minimum Gasteiger partial charge on any atom is -2.00 e. The summed E-state index contributed by atoms with van der Waals surface area (Å²) in [7, 11) is 3.50. The van der Waals surface area contributed by atoms with Gasteiger partial charge in [-0.2, -0.15) is 14.2 Å². The molecule has 0 aliphatic rings. The molecule has 0 unspecified atom stereocenters. The Labute approximate surface area is 414 Å². The maximum atomic E-state index is 10.4. The monoisotopic (exact) mass is 1040 g/mol. The van der Waals surface area contributed by atoms with Crippen LogP contribution in [0.2, 0.25) is 0 Å². The number of aromatic nitrogens is 2. The molecule has 0 saturated carbocycles. The van der Waals surface area contributed by atoms with Gasteiger partial charge in [0.2, 0.25) is 0 Å². The van der Waals surface area contributed by atoms with Crippen molar-refractivity contribution in [2.45, 2.75) is 27.7 Å². The molecule has 0 spiro atoms. The van der Waals surface area contributed by atoms with Crippen LogP contribution in [0.3, 0.4) is 0 Å². The number of rotatable bonds is 18. The van der Waals surface area contributed by atoms with Gasteiger partial charge in [0, 0.05) is 52.1 Å². The summed E-state index contributed by atoms with van der Waals surface area (Å²) in [6, 6.07) is 7.66. The number of aromatic amines is 2. The number of carbonyl (C=O) groups excluding carboxylic acids is 2. The smallest absolute Gasteiger partial charge is 2.00 e. The van der Waals surface area contributed by atoms with E-state index in [9.17, 15) is 40.2 Å². The van der Waals surface area contributed by atoms with Gasteiger partial charge >= 0.3 is 74.2 Å². The maximum Gasteiger partial charge on any atom is 4.00 e. The molecular formula is C36H62N6O16V4. The standard InChI is InChI=1S/2C11H17N3O2.2C5H8O2.2CH4O.2CH3O.4O.4V/c2*15-8-6-14(7-9-16)5-4-12-10-11-2-1-3-13-11;2*1-4(6)3-5(2)7;4*1-2;;;;;;;;/h2*1-3,10,13H,4-9H2;2*3,6H,1-2H3;2*2H,1H3;2*1H3;;;;;;;;/q2*-2;;;;;2*-1;4*-2;4*+4/p-2/b;;2*4-3-;;;;;;;;;;;;. The van der Waals surface area contributed by atoms with E-state index in [0.29, 0.717) is 52.4 Å². The summed E-state index contributed by atoms with van der Waals surface area (Å²) in [4.78, 5) is 38.1. The van der Waals surface area contributed by atoms with Crippen LogP contribution < -0.4 is 40.9 Å². The first kappa shape index (κ1) is 98.8. The molecule has 0 amide bonds. The molecule has 0 aromatic carbocycles. The van der Waals surface area contributed by atoms with Crippen LogP contribution in [-0.2, 0) is 106 Å². The van der Waals surface area contributed by atoms with Crippen molar-refractivity contribution in [3.63, 3.8) is 0 Å². The molecule has 62 heavy (non-hydrogen) atoms. The number of hydrogen-bond acceptors (Lipinski definition) is 16. The summed E-state index contributed by atoms with van der Waals surface area (Å²) in [6.07, 6.45) is 9.30. The summed E-state index contributed by atoms with van der Waals surface area (Å²) in [5, 5.41) is 92.2. The molecule has 2 rings (SSSR count). The average molecular weight is 1040 g/mol. The summed E-state index contributed by atoms with van der Waals surface area (Å²) in [5.74, 6) is -0.750. The second kappa shape index (κ2) is 86.2. The third kappa shape index (κ3) is 89.1. The minimum absolute atomic E-state index is 0. The van der Waals surface area contributed by atoms with E-state index in [1.54, 1.807) is 12.4 Å². The van der Waals surface area contributed by atoms with Gasteiger partial charge in [0.15, 0.2) is 11.6 Å². The third-order valence-corrected chi connectivity index (χ3v) is 5.24. The van der Waals surface area contributed by atoms with E-state index in [1.165, 1.54) is 27.7 Å². The van der Waals surface area contributed by atoms with Crippen molar-refractivity contribution >= 4 is 24.0 Å². The van der Waals surface area contributed by atoms with E-state index in [2.05, 4.69) is 20.0 Å². The number of allylic oxidation sites excluding steroid dienone is 4. The van der Waals surface area contributed by atoms with Crippen molar-refractivity contribution < 1.29 is 157 Å². The normalized spacial score (nSPS) is 9.00. The first-order valence-electron chi connectivity index (χ1n) is 16.4. The molecule has 26 heteroatoms. The zero-order valence-corrected chi connectivity index (χ0v) is 42.0. The van der Waals surface area contributed by atoms with Crippen molar-refractivity contribution in [3.05, 3.63) is 71.7 Å². The fraction of sp³-hybridized carbons (Fsp3) is 0.556. The first-order valence-corrected chi connectivity index (χ1v) is 16.4. The van der Waals surface area contributed by atoms with Crippen molar-refractivity contribution in [1.82, 2.24) is 19.8 Å². The van der Waals surface area contributed by atoms with Gasteiger partial charge in [0.1, 0.15) is 0 Å². The number of aliphatic hydroxyl groups excluding tert-OH is 2. The third-order valence-electron chi connectivity index (χ3n) is 5.24. The fourth-order valence-corrected chi connectivity index (χ4v) is 3.33. The molecule has 0 fully saturated rings. The number of hydrogen-bond donors (Lipinski definition) is 4. The maximum absolute atomic E-state index is 10.4. The second-order valence-electron chi connectivity index (χ2n) is 9.55. The van der Waals surface area contributed by atoms with Gasteiger partial charge < -0.3 is 92.7 Å². The average Bonchev–Trinajstić information content (AvgIpc) is 3.87. The Morgan fingerprint density at radius 2 is 0.790 bits per heavy atom. The van der Waals surface area contributed by atoms with Crippen LogP contribution in [0.5, 0.6) is 0 Å². The van der Waals surface area contributed by atoms with Crippen LogP contribution >= 0.6 is 0 Å². The molecule has 0 aliphatic heterocycles. The van der Waals surface area contributed by atoms with Crippen LogP contribution in [0, 0.1) is 0 Å². The van der Waals surface area contributed by atoms with Crippen LogP contribution in [0.25, 0.3) is 0 Å². The minimum atomic E-state index is -0.187. The quantitative estimate of drug-likeness (QED) is 0.0613. The number of aliphatic hydroxyl groups is 2. The van der Waals surface area contributed by atoms with Crippen molar-refractivity contribution in [2.24, 2.45) is 9.98 Å².